The van der Waals surface area contributed by atoms with Crippen LogP contribution in [0.15, 0.2) is 60.7 Å². The molecule has 1 heterocycles. The summed E-state index contributed by atoms with van der Waals surface area (Å²) < 4.78 is 9.90. The van der Waals surface area contributed by atoms with Gasteiger partial charge in [-0.25, -0.2) is 14.4 Å². The Morgan fingerprint density at radius 2 is 1.41 bits per heavy atom. The van der Waals surface area contributed by atoms with Gasteiger partial charge in [0.05, 0.1) is 20.3 Å². The first-order valence-corrected chi connectivity index (χ1v) is 9.33. The van der Waals surface area contributed by atoms with Crippen molar-refractivity contribution in [1.29, 1.82) is 0 Å². The monoisotopic (exact) mass is 396 g/mol. The van der Waals surface area contributed by atoms with Gasteiger partial charge in [-0.1, -0.05) is 60.7 Å². The number of hydrogen-bond acceptors (Lipinski definition) is 5. The molecule has 0 aliphatic carbocycles. The highest BCUT2D eigenvalue weighted by atomic mass is 16.5. The van der Waals surface area contributed by atoms with E-state index in [1.54, 1.807) is 0 Å². The van der Waals surface area contributed by atoms with E-state index in [0.29, 0.717) is 0 Å². The second kappa shape index (κ2) is 8.77. The summed E-state index contributed by atoms with van der Waals surface area (Å²) >= 11 is 0. The Balaban J connectivity index is 2.05. The standard InChI is InChI=1S/C22H24N2O5/c1-15(17-12-8-5-9-13-17)24-19(21(26)29-3)18(20(25)28-2)23(22(24)27)14-16-10-6-4-7-11-16/h4-13,15,18-19H,14H2,1-3H3. The van der Waals surface area contributed by atoms with Gasteiger partial charge in [0.1, 0.15) is 0 Å². The van der Waals surface area contributed by atoms with Crippen LogP contribution >= 0.6 is 0 Å². The fraction of sp³-hybridized carbons (Fsp3) is 0.318. The number of carbonyl (C=O) groups is 3. The van der Waals surface area contributed by atoms with E-state index in [1.165, 1.54) is 24.0 Å². The molecule has 3 atom stereocenters. The maximum absolute atomic E-state index is 13.4. The molecule has 0 saturated carbocycles. The van der Waals surface area contributed by atoms with Gasteiger partial charge in [0.2, 0.25) is 0 Å². The summed E-state index contributed by atoms with van der Waals surface area (Å²) in [6, 6.07) is 15.6. The zero-order valence-corrected chi connectivity index (χ0v) is 16.6. The van der Waals surface area contributed by atoms with Gasteiger partial charge >= 0.3 is 18.0 Å². The van der Waals surface area contributed by atoms with Gasteiger partial charge in [-0.05, 0) is 18.1 Å². The van der Waals surface area contributed by atoms with E-state index in [9.17, 15) is 14.4 Å². The van der Waals surface area contributed by atoms with Crippen LogP contribution in [0, 0.1) is 0 Å². The highest BCUT2D eigenvalue weighted by Gasteiger charge is 2.55. The van der Waals surface area contributed by atoms with E-state index in [1.807, 2.05) is 67.6 Å². The average Bonchev–Trinajstić information content (AvgIpc) is 3.05. The molecule has 0 spiro atoms. The lowest BCUT2D eigenvalue weighted by molar-refractivity contribution is -0.155. The van der Waals surface area contributed by atoms with Gasteiger partial charge in [-0.15, -0.1) is 0 Å². The highest BCUT2D eigenvalue weighted by molar-refractivity contribution is 5.97. The van der Waals surface area contributed by atoms with Crippen LogP contribution < -0.4 is 0 Å². The minimum Gasteiger partial charge on any atom is -0.467 e. The number of ether oxygens (including phenoxy) is 2. The molecule has 1 aliphatic heterocycles. The molecule has 2 amide bonds. The van der Waals surface area contributed by atoms with Crippen LogP contribution in [0.3, 0.4) is 0 Å². The number of rotatable bonds is 6. The van der Waals surface area contributed by atoms with Crippen molar-refractivity contribution < 1.29 is 23.9 Å². The smallest absolute Gasteiger partial charge is 0.331 e. The fourth-order valence-corrected chi connectivity index (χ4v) is 3.69. The summed E-state index contributed by atoms with van der Waals surface area (Å²) in [7, 11) is 2.48. The number of methoxy groups -OCH3 is 2. The number of urea groups is 1. The van der Waals surface area contributed by atoms with E-state index in [-0.39, 0.29) is 6.54 Å². The van der Waals surface area contributed by atoms with Crippen LogP contribution in [0.4, 0.5) is 4.79 Å². The Hall–Kier alpha value is -3.35. The molecule has 0 aromatic heterocycles. The van der Waals surface area contributed by atoms with Crippen LogP contribution in [0.2, 0.25) is 0 Å². The third kappa shape index (κ3) is 3.94. The van der Waals surface area contributed by atoms with E-state index in [0.717, 1.165) is 11.1 Å². The Morgan fingerprint density at radius 3 is 1.97 bits per heavy atom. The van der Waals surface area contributed by atoms with Crippen molar-refractivity contribution in [3.05, 3.63) is 71.8 Å². The maximum atomic E-state index is 13.4. The Labute approximate surface area is 169 Å². The molecule has 2 aromatic rings. The number of benzene rings is 2. The van der Waals surface area contributed by atoms with Gasteiger partial charge in [0.25, 0.3) is 0 Å². The van der Waals surface area contributed by atoms with E-state index in [2.05, 4.69) is 0 Å². The van der Waals surface area contributed by atoms with E-state index in [4.69, 9.17) is 9.47 Å². The Bertz CT molecular complexity index is 871. The Morgan fingerprint density at radius 1 is 0.897 bits per heavy atom. The first-order chi connectivity index (χ1) is 14.0. The molecular formula is C22H24N2O5. The quantitative estimate of drug-likeness (QED) is 0.702. The van der Waals surface area contributed by atoms with Crippen LogP contribution in [0.25, 0.3) is 0 Å². The molecule has 7 nitrogen and oxygen atoms in total. The molecule has 29 heavy (non-hydrogen) atoms. The summed E-state index contributed by atoms with van der Waals surface area (Å²) in [5, 5.41) is 0. The SMILES string of the molecule is COC(=O)C1C(C(=O)OC)N(C(C)c2ccccc2)C(=O)N1Cc1ccccc1. The zero-order valence-electron chi connectivity index (χ0n) is 16.6. The molecule has 3 unspecified atom stereocenters. The van der Waals surface area contributed by atoms with Crippen molar-refractivity contribution in [2.75, 3.05) is 14.2 Å². The van der Waals surface area contributed by atoms with Crippen molar-refractivity contribution in [3.63, 3.8) is 0 Å². The van der Waals surface area contributed by atoms with Gasteiger partial charge in [-0.2, -0.15) is 0 Å². The summed E-state index contributed by atoms with van der Waals surface area (Å²) in [5.41, 5.74) is 1.69. The van der Waals surface area contributed by atoms with E-state index >= 15 is 0 Å². The van der Waals surface area contributed by atoms with Crippen molar-refractivity contribution in [2.24, 2.45) is 0 Å². The van der Waals surface area contributed by atoms with Gasteiger partial charge in [0, 0.05) is 6.54 Å². The van der Waals surface area contributed by atoms with Crippen molar-refractivity contribution in [2.45, 2.75) is 31.6 Å². The lowest BCUT2D eigenvalue weighted by atomic mass is 10.0. The second-order valence-corrected chi connectivity index (χ2v) is 6.83. The zero-order chi connectivity index (χ0) is 21.0. The molecule has 1 aliphatic rings. The summed E-state index contributed by atoms with van der Waals surface area (Å²) in [5.74, 6) is -1.32. The van der Waals surface area contributed by atoms with Crippen molar-refractivity contribution in [3.8, 4) is 0 Å². The molecule has 7 heteroatoms. The molecule has 0 radical (unpaired) electrons. The summed E-state index contributed by atoms with van der Waals surface area (Å²) in [4.78, 5) is 41.5. The third-order valence-corrected chi connectivity index (χ3v) is 5.18. The predicted molar refractivity (Wildman–Crippen MR) is 106 cm³/mol. The summed E-state index contributed by atoms with van der Waals surface area (Å²) in [6.45, 7) is 1.99. The predicted octanol–water partition coefficient (Wildman–Crippen LogP) is 2.77. The molecule has 2 aromatic carbocycles. The van der Waals surface area contributed by atoms with Crippen LogP contribution in [0.1, 0.15) is 24.1 Å². The molecule has 0 N–H and O–H groups in total. The molecule has 1 fully saturated rings. The number of hydrogen-bond donors (Lipinski definition) is 0. The second-order valence-electron chi connectivity index (χ2n) is 6.83. The Kier molecular flexibility index (Phi) is 6.16. The first-order valence-electron chi connectivity index (χ1n) is 9.33. The topological polar surface area (TPSA) is 76.2 Å². The van der Waals surface area contributed by atoms with E-state index < -0.39 is 36.1 Å². The van der Waals surface area contributed by atoms with Crippen LogP contribution in [-0.4, -0.2) is 54.1 Å². The van der Waals surface area contributed by atoms with Gasteiger partial charge in [0.15, 0.2) is 12.1 Å². The van der Waals surface area contributed by atoms with Crippen LogP contribution in [-0.2, 0) is 25.6 Å². The number of amides is 2. The van der Waals surface area contributed by atoms with Gasteiger partial charge in [-0.3, -0.25) is 0 Å². The summed E-state index contributed by atoms with van der Waals surface area (Å²) in [6.07, 6.45) is 0. The first kappa shape index (κ1) is 20.4. The van der Waals surface area contributed by atoms with Crippen molar-refractivity contribution >= 4 is 18.0 Å². The molecule has 0 bridgehead atoms. The molecular weight excluding hydrogens is 372 g/mol. The lowest BCUT2D eigenvalue weighted by Gasteiger charge is -2.29. The number of esters is 2. The fourth-order valence-electron chi connectivity index (χ4n) is 3.69. The minimum atomic E-state index is -1.11. The number of carbonyl (C=O) groups excluding carboxylic acids is 3. The molecule has 152 valence electrons. The highest BCUT2D eigenvalue weighted by Crippen LogP contribution is 2.34. The van der Waals surface area contributed by atoms with Gasteiger partial charge < -0.3 is 19.3 Å². The lowest BCUT2D eigenvalue weighted by Crippen LogP contribution is -2.49. The van der Waals surface area contributed by atoms with Crippen LogP contribution in [0.5, 0.6) is 0 Å². The third-order valence-electron chi connectivity index (χ3n) is 5.18. The van der Waals surface area contributed by atoms with Crippen molar-refractivity contribution in [1.82, 2.24) is 9.80 Å². The maximum Gasteiger partial charge on any atom is 0.331 e. The normalized spacial score (nSPS) is 19.8. The number of nitrogens with zero attached hydrogens (tertiary/aromatic N) is 2. The largest absolute Gasteiger partial charge is 0.467 e. The molecule has 3 rings (SSSR count). The average molecular weight is 396 g/mol. The minimum absolute atomic E-state index is 0.172. The molecule has 1 saturated heterocycles.